The van der Waals surface area contributed by atoms with Crippen molar-refractivity contribution in [2.24, 2.45) is 5.41 Å². The first kappa shape index (κ1) is 16.5. The van der Waals surface area contributed by atoms with Crippen LogP contribution in [0.25, 0.3) is 0 Å². The molecule has 0 aliphatic carbocycles. The molecule has 2 rings (SSSR count). The molecule has 1 N–H and O–H groups in total. The number of benzene rings is 1. The molecule has 1 aromatic rings. The van der Waals surface area contributed by atoms with Crippen LogP contribution < -0.4 is 0 Å². The second-order valence-corrected chi connectivity index (χ2v) is 8.48. The minimum absolute atomic E-state index is 0.156. The van der Waals surface area contributed by atoms with E-state index in [-0.39, 0.29) is 12.0 Å². The highest BCUT2D eigenvalue weighted by atomic mass is 32.2. The predicted octanol–water partition coefficient (Wildman–Crippen LogP) is 2.42. The van der Waals surface area contributed by atoms with Crippen LogP contribution in [0.15, 0.2) is 29.2 Å². The minimum Gasteiger partial charge on any atom is -0.396 e. The number of nitrogens with zero attached hydrogens (tertiary/aromatic N) is 1. The Morgan fingerprint density at radius 2 is 1.71 bits per heavy atom. The smallest absolute Gasteiger partial charge is 0.243 e. The summed E-state index contributed by atoms with van der Waals surface area (Å²) >= 11 is 0. The lowest BCUT2D eigenvalue weighted by Crippen LogP contribution is -2.41. The van der Waals surface area contributed by atoms with Gasteiger partial charge in [0, 0.05) is 19.7 Å². The Morgan fingerprint density at radius 1 is 1.14 bits per heavy atom. The van der Waals surface area contributed by atoms with Gasteiger partial charge in [-0.3, -0.25) is 0 Å². The zero-order valence-electron chi connectivity index (χ0n) is 12.9. The van der Waals surface area contributed by atoms with Crippen LogP contribution in [0.1, 0.15) is 38.7 Å². The molecular formula is C16H25NO3S. The van der Waals surface area contributed by atoms with Gasteiger partial charge in [-0.2, -0.15) is 4.31 Å². The fourth-order valence-corrected chi connectivity index (χ4v) is 4.03. The number of hydrogen-bond donors (Lipinski definition) is 1. The maximum atomic E-state index is 12.6. The highest BCUT2D eigenvalue weighted by Crippen LogP contribution is 2.32. The summed E-state index contributed by atoms with van der Waals surface area (Å²) in [5.41, 5.74) is 1.29. The van der Waals surface area contributed by atoms with Crippen LogP contribution in [-0.2, 0) is 16.4 Å². The first-order chi connectivity index (χ1) is 9.85. The maximum absolute atomic E-state index is 12.6. The molecule has 1 fully saturated rings. The van der Waals surface area contributed by atoms with E-state index in [4.69, 9.17) is 5.11 Å². The summed E-state index contributed by atoms with van der Waals surface area (Å²) < 4.78 is 26.8. The van der Waals surface area contributed by atoms with Gasteiger partial charge in [-0.15, -0.1) is 0 Å². The summed E-state index contributed by atoms with van der Waals surface area (Å²) in [6.07, 6.45) is 3.28. The topological polar surface area (TPSA) is 57.6 Å². The predicted molar refractivity (Wildman–Crippen MR) is 83.6 cm³/mol. The quantitative estimate of drug-likeness (QED) is 0.908. The van der Waals surface area contributed by atoms with Gasteiger partial charge in [-0.25, -0.2) is 8.42 Å². The third kappa shape index (κ3) is 4.05. The number of sulfonamides is 1. The standard InChI is InChI=1S/C16H25NO3S/c1-16(2)9-11-17(12-10-16)21(19,20)15-7-5-14(6-8-15)4-3-13-18/h5-8,18H,3-4,9-13H2,1-2H3. The maximum Gasteiger partial charge on any atom is 0.243 e. The second kappa shape index (κ2) is 6.46. The fraction of sp³-hybridized carbons (Fsp3) is 0.625. The average Bonchev–Trinajstić information content (AvgIpc) is 2.45. The number of aryl methyl sites for hydroxylation is 1. The number of rotatable bonds is 5. The van der Waals surface area contributed by atoms with E-state index in [0.717, 1.165) is 24.8 Å². The van der Waals surface area contributed by atoms with Crippen molar-refractivity contribution in [3.63, 3.8) is 0 Å². The molecule has 4 nitrogen and oxygen atoms in total. The molecule has 0 bridgehead atoms. The van der Waals surface area contributed by atoms with Gasteiger partial charge in [-0.05, 0) is 48.8 Å². The van der Waals surface area contributed by atoms with Crippen molar-refractivity contribution in [3.05, 3.63) is 29.8 Å². The molecular weight excluding hydrogens is 286 g/mol. The largest absolute Gasteiger partial charge is 0.396 e. The number of piperidine rings is 1. The Balaban J connectivity index is 2.09. The molecule has 5 heteroatoms. The molecule has 1 aromatic carbocycles. The lowest BCUT2D eigenvalue weighted by molar-refractivity contribution is 0.196. The highest BCUT2D eigenvalue weighted by molar-refractivity contribution is 7.89. The number of aliphatic hydroxyl groups is 1. The van der Waals surface area contributed by atoms with Crippen molar-refractivity contribution in [3.8, 4) is 0 Å². The van der Waals surface area contributed by atoms with Crippen LogP contribution in [0.5, 0.6) is 0 Å². The van der Waals surface area contributed by atoms with Crippen LogP contribution in [0.4, 0.5) is 0 Å². The summed E-state index contributed by atoms with van der Waals surface area (Å²) in [6, 6.07) is 7.05. The van der Waals surface area contributed by atoms with Crippen molar-refractivity contribution >= 4 is 10.0 Å². The van der Waals surface area contributed by atoms with Crippen LogP contribution in [-0.4, -0.2) is 37.5 Å². The van der Waals surface area contributed by atoms with Crippen molar-refractivity contribution in [2.75, 3.05) is 19.7 Å². The van der Waals surface area contributed by atoms with E-state index >= 15 is 0 Å². The molecule has 0 aromatic heterocycles. The SMILES string of the molecule is CC1(C)CCN(S(=O)(=O)c2ccc(CCCO)cc2)CC1. The van der Waals surface area contributed by atoms with E-state index in [1.165, 1.54) is 0 Å². The van der Waals surface area contributed by atoms with E-state index in [1.54, 1.807) is 16.4 Å². The monoisotopic (exact) mass is 311 g/mol. The van der Waals surface area contributed by atoms with E-state index in [1.807, 2.05) is 12.1 Å². The Hall–Kier alpha value is -0.910. The summed E-state index contributed by atoms with van der Waals surface area (Å²) in [7, 11) is -3.37. The summed E-state index contributed by atoms with van der Waals surface area (Å²) in [5.74, 6) is 0. The third-order valence-corrected chi connectivity index (χ3v) is 6.17. The lowest BCUT2D eigenvalue weighted by atomic mass is 9.83. The molecule has 118 valence electrons. The Morgan fingerprint density at radius 3 is 2.24 bits per heavy atom. The van der Waals surface area contributed by atoms with Gasteiger partial charge in [0.25, 0.3) is 0 Å². The number of hydrogen-bond acceptors (Lipinski definition) is 3. The van der Waals surface area contributed by atoms with E-state index in [9.17, 15) is 8.42 Å². The molecule has 0 saturated carbocycles. The molecule has 1 aliphatic rings. The first-order valence-electron chi connectivity index (χ1n) is 7.55. The minimum atomic E-state index is -3.37. The number of aliphatic hydroxyl groups excluding tert-OH is 1. The molecule has 0 radical (unpaired) electrons. The zero-order valence-corrected chi connectivity index (χ0v) is 13.7. The summed E-state index contributed by atoms with van der Waals surface area (Å²) in [5, 5.41) is 8.82. The molecule has 1 aliphatic heterocycles. The van der Waals surface area contributed by atoms with Crippen molar-refractivity contribution in [1.29, 1.82) is 0 Å². The Bertz CT molecular complexity index is 554. The van der Waals surface area contributed by atoms with Crippen LogP contribution in [0.2, 0.25) is 0 Å². The highest BCUT2D eigenvalue weighted by Gasteiger charge is 2.32. The van der Waals surface area contributed by atoms with Gasteiger partial charge in [0.1, 0.15) is 0 Å². The zero-order chi connectivity index (χ0) is 15.5. The van der Waals surface area contributed by atoms with E-state index in [0.29, 0.717) is 24.4 Å². The van der Waals surface area contributed by atoms with Crippen LogP contribution in [0.3, 0.4) is 0 Å². The van der Waals surface area contributed by atoms with Crippen molar-refractivity contribution in [2.45, 2.75) is 44.4 Å². The summed E-state index contributed by atoms with van der Waals surface area (Å²) in [4.78, 5) is 0.370. The van der Waals surface area contributed by atoms with Gasteiger partial charge in [0.2, 0.25) is 10.0 Å². The molecule has 0 amide bonds. The van der Waals surface area contributed by atoms with Crippen molar-refractivity contribution in [1.82, 2.24) is 4.31 Å². The Labute approximate surface area is 127 Å². The van der Waals surface area contributed by atoms with Crippen LogP contribution in [0, 0.1) is 5.41 Å². The third-order valence-electron chi connectivity index (χ3n) is 4.26. The second-order valence-electron chi connectivity index (χ2n) is 6.54. The molecule has 0 unspecified atom stereocenters. The van der Waals surface area contributed by atoms with Gasteiger partial charge in [-0.1, -0.05) is 26.0 Å². The molecule has 0 atom stereocenters. The normalized spacial score (nSPS) is 19.6. The average molecular weight is 311 g/mol. The van der Waals surface area contributed by atoms with Gasteiger partial charge in [0.15, 0.2) is 0 Å². The van der Waals surface area contributed by atoms with Crippen molar-refractivity contribution < 1.29 is 13.5 Å². The van der Waals surface area contributed by atoms with Crippen LogP contribution >= 0.6 is 0 Å². The molecule has 1 saturated heterocycles. The lowest BCUT2D eigenvalue weighted by Gasteiger charge is -2.36. The van der Waals surface area contributed by atoms with Gasteiger partial charge >= 0.3 is 0 Å². The summed E-state index contributed by atoms with van der Waals surface area (Å²) in [6.45, 7) is 5.73. The Kier molecular flexibility index (Phi) is 5.07. The van der Waals surface area contributed by atoms with E-state index < -0.39 is 10.0 Å². The first-order valence-corrected chi connectivity index (χ1v) is 8.99. The van der Waals surface area contributed by atoms with Gasteiger partial charge < -0.3 is 5.11 Å². The van der Waals surface area contributed by atoms with E-state index in [2.05, 4.69) is 13.8 Å². The fourth-order valence-electron chi connectivity index (χ4n) is 2.59. The molecule has 21 heavy (non-hydrogen) atoms. The molecule has 1 heterocycles. The molecule has 0 spiro atoms. The van der Waals surface area contributed by atoms with Gasteiger partial charge in [0.05, 0.1) is 4.90 Å².